The molecule has 1 amide bonds. The van der Waals surface area contributed by atoms with Gasteiger partial charge >= 0.3 is 5.97 Å². The molecule has 1 fully saturated rings. The predicted molar refractivity (Wildman–Crippen MR) is 103 cm³/mol. The minimum atomic E-state index is -3.31. The first-order chi connectivity index (χ1) is 13.3. The molecular weight excluding hydrogens is 368 g/mol. The maximum Gasteiger partial charge on any atom is 0.305 e. The summed E-state index contributed by atoms with van der Waals surface area (Å²) in [5, 5.41) is 9.78. The summed E-state index contributed by atoms with van der Waals surface area (Å²) < 4.78 is 32.3. The van der Waals surface area contributed by atoms with E-state index in [4.69, 9.17) is 0 Å². The Morgan fingerprint density at radius 1 is 1.36 bits per heavy atom. The van der Waals surface area contributed by atoms with Gasteiger partial charge in [0.15, 0.2) is 0 Å². The topological polar surface area (TPSA) is 66.8 Å². The van der Waals surface area contributed by atoms with Gasteiger partial charge in [-0.25, -0.2) is 8.78 Å². The zero-order chi connectivity index (χ0) is 21.0. The molecule has 0 aliphatic carbocycles. The van der Waals surface area contributed by atoms with Crippen molar-refractivity contribution in [3.05, 3.63) is 12.2 Å². The van der Waals surface area contributed by atoms with Gasteiger partial charge < -0.3 is 14.7 Å². The van der Waals surface area contributed by atoms with E-state index in [1.807, 2.05) is 0 Å². The number of aliphatic hydroxyl groups excluding tert-OH is 1. The average molecular weight is 399 g/mol. The Kier molecular flexibility index (Phi) is 10.8. The van der Waals surface area contributed by atoms with Crippen molar-refractivity contribution in [2.75, 3.05) is 13.7 Å². The van der Waals surface area contributed by atoms with Crippen molar-refractivity contribution >= 4 is 11.9 Å². The van der Waals surface area contributed by atoms with Crippen molar-refractivity contribution < 1.29 is 28.2 Å². The lowest BCUT2D eigenvalue weighted by Gasteiger charge is -2.23. The largest absolute Gasteiger partial charge is 0.469 e. The number of halogens is 2. The monoisotopic (exact) mass is 399 g/mol. The third-order valence-electron chi connectivity index (χ3n) is 4.71. The van der Waals surface area contributed by atoms with Gasteiger partial charge in [0.05, 0.1) is 19.6 Å². The summed E-state index contributed by atoms with van der Waals surface area (Å²) in [5.74, 6) is 1.40. The number of ether oxygens (including phenoxy) is 1. The Morgan fingerprint density at radius 3 is 2.75 bits per heavy atom. The first-order valence-electron chi connectivity index (χ1n) is 9.88. The minimum absolute atomic E-state index is 0.000673. The van der Waals surface area contributed by atoms with Crippen LogP contribution in [0.5, 0.6) is 0 Å². The van der Waals surface area contributed by atoms with Gasteiger partial charge in [0, 0.05) is 25.8 Å². The molecule has 1 rings (SSSR count). The maximum atomic E-state index is 13.9. The van der Waals surface area contributed by atoms with Gasteiger partial charge in [0.2, 0.25) is 5.91 Å². The first-order valence-corrected chi connectivity index (χ1v) is 9.88. The summed E-state index contributed by atoms with van der Waals surface area (Å²) in [6, 6.07) is -0.269. The van der Waals surface area contributed by atoms with E-state index in [0.717, 1.165) is 31.8 Å². The van der Waals surface area contributed by atoms with Gasteiger partial charge in [-0.3, -0.25) is 9.59 Å². The van der Waals surface area contributed by atoms with Crippen LogP contribution in [0, 0.1) is 11.8 Å². The van der Waals surface area contributed by atoms with Crippen molar-refractivity contribution in [1.82, 2.24) is 4.90 Å². The molecule has 0 aromatic heterocycles. The van der Waals surface area contributed by atoms with Crippen LogP contribution in [0.2, 0.25) is 0 Å². The molecule has 5 nitrogen and oxygen atoms in total. The van der Waals surface area contributed by atoms with Crippen molar-refractivity contribution in [2.45, 2.75) is 82.8 Å². The van der Waals surface area contributed by atoms with Gasteiger partial charge in [-0.2, -0.15) is 0 Å². The van der Waals surface area contributed by atoms with Crippen molar-refractivity contribution in [3.63, 3.8) is 0 Å². The highest BCUT2D eigenvalue weighted by atomic mass is 19.3. The zero-order valence-electron chi connectivity index (χ0n) is 16.8. The molecule has 1 N–H and O–H groups in total. The number of carbonyl (C=O) groups is 2. The highest BCUT2D eigenvalue weighted by molar-refractivity contribution is 5.79. The minimum Gasteiger partial charge on any atom is -0.469 e. The number of carbonyl (C=O) groups excluding carboxylic acids is 2. The molecule has 2 atom stereocenters. The molecule has 1 aliphatic heterocycles. The molecule has 0 spiro atoms. The van der Waals surface area contributed by atoms with Crippen LogP contribution < -0.4 is 0 Å². The van der Waals surface area contributed by atoms with E-state index < -0.39 is 18.4 Å². The molecule has 7 heteroatoms. The van der Waals surface area contributed by atoms with Crippen LogP contribution in [0.4, 0.5) is 8.78 Å². The lowest BCUT2D eigenvalue weighted by molar-refractivity contribution is -0.140. The summed E-state index contributed by atoms with van der Waals surface area (Å²) in [6.07, 6.45) is 5.05. The maximum absolute atomic E-state index is 13.9. The van der Waals surface area contributed by atoms with Crippen LogP contribution >= 0.6 is 0 Å². The summed E-state index contributed by atoms with van der Waals surface area (Å²) in [5.41, 5.74) is 0. The van der Waals surface area contributed by atoms with Crippen molar-refractivity contribution in [3.8, 4) is 11.8 Å². The highest BCUT2D eigenvalue weighted by Crippen LogP contribution is 2.26. The van der Waals surface area contributed by atoms with Gasteiger partial charge in [-0.15, -0.1) is 5.92 Å². The SMILES string of the molecule is CCC#CCC(F)(F)C(O)C=CC1CCC(=O)N1CCCCCCC(=O)OC. The van der Waals surface area contributed by atoms with Crippen molar-refractivity contribution in [1.29, 1.82) is 0 Å². The molecule has 1 saturated heterocycles. The second-order valence-corrected chi connectivity index (χ2v) is 6.91. The number of nitrogens with zero attached hydrogens (tertiary/aromatic N) is 1. The number of unbranched alkanes of at least 4 members (excludes halogenated alkanes) is 3. The first kappa shape index (κ1) is 24.1. The van der Waals surface area contributed by atoms with E-state index >= 15 is 0 Å². The number of rotatable bonds is 11. The van der Waals surface area contributed by atoms with Gasteiger partial charge in [-0.1, -0.05) is 37.8 Å². The average Bonchev–Trinajstić information content (AvgIpc) is 3.02. The number of amides is 1. The standard InChI is InChI=1S/C21H31F2NO4/c1-3-4-8-15-21(22,23)18(25)13-11-17-12-14-19(26)24(17)16-9-6-5-7-10-20(27)28-2/h11,13,17-18,25H,3,5-7,9-10,12,14-16H2,1-2H3. The van der Waals surface area contributed by atoms with Crippen LogP contribution in [0.3, 0.4) is 0 Å². The fourth-order valence-corrected chi connectivity index (χ4v) is 3.04. The Hall–Kier alpha value is -1.94. The van der Waals surface area contributed by atoms with E-state index in [1.54, 1.807) is 11.8 Å². The molecule has 1 aliphatic rings. The Morgan fingerprint density at radius 2 is 2.07 bits per heavy atom. The number of hydrogen-bond donors (Lipinski definition) is 1. The summed E-state index contributed by atoms with van der Waals surface area (Å²) in [7, 11) is 1.36. The Bertz CT molecular complexity index is 595. The zero-order valence-corrected chi connectivity index (χ0v) is 16.8. The number of hydrogen-bond acceptors (Lipinski definition) is 4. The van der Waals surface area contributed by atoms with Crippen molar-refractivity contribution in [2.24, 2.45) is 0 Å². The molecule has 28 heavy (non-hydrogen) atoms. The lowest BCUT2D eigenvalue weighted by Crippen LogP contribution is -2.34. The van der Waals surface area contributed by atoms with Crippen LogP contribution in [0.25, 0.3) is 0 Å². The number of aliphatic hydroxyl groups is 1. The molecule has 0 aromatic carbocycles. The normalized spacial score (nSPS) is 18.2. The lowest BCUT2D eigenvalue weighted by atomic mass is 10.1. The summed E-state index contributed by atoms with van der Waals surface area (Å²) in [6.45, 7) is 2.31. The second kappa shape index (κ2) is 12.5. The van der Waals surface area contributed by atoms with E-state index in [9.17, 15) is 23.5 Å². The van der Waals surface area contributed by atoms with Crippen LogP contribution in [-0.4, -0.2) is 53.6 Å². The Balaban J connectivity index is 2.45. The van der Waals surface area contributed by atoms with Crippen LogP contribution in [0.15, 0.2) is 12.2 Å². The number of alkyl halides is 2. The molecule has 2 unspecified atom stereocenters. The third-order valence-corrected chi connectivity index (χ3v) is 4.71. The summed E-state index contributed by atoms with van der Waals surface area (Å²) >= 11 is 0. The molecule has 0 bridgehead atoms. The van der Waals surface area contributed by atoms with E-state index in [0.29, 0.717) is 32.2 Å². The molecule has 0 radical (unpaired) electrons. The van der Waals surface area contributed by atoms with Crippen LogP contribution in [0.1, 0.15) is 64.7 Å². The summed E-state index contributed by atoms with van der Waals surface area (Å²) in [4.78, 5) is 24.8. The van der Waals surface area contributed by atoms with E-state index in [1.165, 1.54) is 13.2 Å². The van der Waals surface area contributed by atoms with Gasteiger partial charge in [0.1, 0.15) is 6.10 Å². The third kappa shape index (κ3) is 8.39. The molecule has 158 valence electrons. The van der Waals surface area contributed by atoms with E-state index in [-0.39, 0.29) is 17.9 Å². The fourth-order valence-electron chi connectivity index (χ4n) is 3.04. The van der Waals surface area contributed by atoms with Gasteiger partial charge in [0.25, 0.3) is 5.92 Å². The second-order valence-electron chi connectivity index (χ2n) is 6.91. The number of likely N-dealkylation sites (tertiary alicyclic amines) is 1. The molecule has 0 saturated carbocycles. The highest BCUT2D eigenvalue weighted by Gasteiger charge is 2.36. The fraction of sp³-hybridized carbons (Fsp3) is 0.714. The number of methoxy groups -OCH3 is 1. The molecule has 1 heterocycles. The smallest absolute Gasteiger partial charge is 0.305 e. The van der Waals surface area contributed by atoms with E-state index in [2.05, 4.69) is 16.6 Å². The van der Waals surface area contributed by atoms with Gasteiger partial charge in [-0.05, 0) is 19.3 Å². The predicted octanol–water partition coefficient (Wildman–Crippen LogP) is 3.46. The quantitative estimate of drug-likeness (QED) is 0.250. The molecule has 0 aromatic rings. The Labute approximate surface area is 166 Å². The van der Waals surface area contributed by atoms with Crippen LogP contribution in [-0.2, 0) is 14.3 Å². The number of esters is 1. The molecular formula is C21H31F2NO4.